The van der Waals surface area contributed by atoms with E-state index in [9.17, 15) is 14.4 Å². The van der Waals surface area contributed by atoms with Crippen LogP contribution in [0.4, 0.5) is 10.1 Å². The van der Waals surface area contributed by atoms with Crippen LogP contribution in [0.25, 0.3) is 0 Å². The number of nitrogens with two attached hydrogens (primary N) is 1. The molecule has 1 aliphatic heterocycles. The van der Waals surface area contributed by atoms with Crippen molar-refractivity contribution in [1.29, 1.82) is 5.26 Å². The van der Waals surface area contributed by atoms with E-state index in [1.807, 2.05) is 19.9 Å². The zero-order valence-corrected chi connectivity index (χ0v) is 18.6. The number of nitrogens with zero attached hydrogens (tertiary/aromatic N) is 2. The average Bonchev–Trinajstić information content (AvgIpc) is 2.69. The highest BCUT2D eigenvalue weighted by molar-refractivity contribution is 7.99. The van der Waals surface area contributed by atoms with Gasteiger partial charge in [-0.2, -0.15) is 5.26 Å². The maximum atomic E-state index is 13.6. The molecule has 30 heavy (non-hydrogen) atoms. The van der Waals surface area contributed by atoms with Crippen LogP contribution in [0.3, 0.4) is 0 Å². The first-order chi connectivity index (χ1) is 14.3. The molecular formula is C24H28FN3OS. The summed E-state index contributed by atoms with van der Waals surface area (Å²) in [7, 11) is 0. The fourth-order valence-electron chi connectivity index (χ4n) is 4.23. The van der Waals surface area contributed by atoms with Gasteiger partial charge in [0, 0.05) is 23.7 Å². The van der Waals surface area contributed by atoms with Gasteiger partial charge in [-0.05, 0) is 65.0 Å². The Balaban J connectivity index is 2.00. The summed E-state index contributed by atoms with van der Waals surface area (Å²) in [6, 6.07) is 13.4. The highest BCUT2D eigenvalue weighted by atomic mass is 32.2. The number of benzene rings is 2. The molecule has 0 spiro atoms. The average molecular weight is 426 g/mol. The van der Waals surface area contributed by atoms with Crippen molar-refractivity contribution < 1.29 is 9.18 Å². The molecule has 2 aromatic carbocycles. The van der Waals surface area contributed by atoms with E-state index in [4.69, 9.17) is 5.73 Å². The summed E-state index contributed by atoms with van der Waals surface area (Å²) in [4.78, 5) is 15.4. The van der Waals surface area contributed by atoms with E-state index in [0.29, 0.717) is 13.0 Å². The molecule has 1 atom stereocenters. The number of nitriles is 1. The quantitative estimate of drug-likeness (QED) is 0.653. The Hall–Kier alpha value is -2.52. The van der Waals surface area contributed by atoms with Crippen LogP contribution in [0, 0.1) is 28.5 Å². The summed E-state index contributed by atoms with van der Waals surface area (Å²) in [6.45, 7) is 7.47. The first-order valence-corrected chi connectivity index (χ1v) is 11.2. The molecule has 0 fully saturated rings. The summed E-state index contributed by atoms with van der Waals surface area (Å²) in [5, 5.41) is 9.54. The standard InChI is InChI=1S/C24H28FN3OS/c1-4-30-22-7-5-6-21(19(22)13-24(2,3)20(14-26)23(27)29)28-11-10-16-12-18(25)9-8-17(16)15-28/h5-9,12,20H,4,10-11,13,15H2,1-3H3,(H2,27,29). The normalized spacial score (nSPS) is 14.7. The Kier molecular flexibility index (Phi) is 6.72. The van der Waals surface area contributed by atoms with E-state index < -0.39 is 17.2 Å². The fraction of sp³-hybridized carbons (Fsp3) is 0.417. The molecule has 0 radical (unpaired) electrons. The van der Waals surface area contributed by atoms with Gasteiger partial charge in [0.15, 0.2) is 0 Å². The van der Waals surface area contributed by atoms with Crippen molar-refractivity contribution in [2.45, 2.75) is 45.1 Å². The topological polar surface area (TPSA) is 70.1 Å². The lowest BCUT2D eigenvalue weighted by molar-refractivity contribution is -0.123. The molecule has 0 aliphatic carbocycles. The summed E-state index contributed by atoms with van der Waals surface area (Å²) in [5.74, 6) is -0.718. The molecule has 1 heterocycles. The summed E-state index contributed by atoms with van der Waals surface area (Å²) in [5.41, 5.74) is 9.36. The van der Waals surface area contributed by atoms with Crippen molar-refractivity contribution in [3.63, 3.8) is 0 Å². The molecule has 2 N–H and O–H groups in total. The minimum atomic E-state index is -0.866. The lowest BCUT2D eigenvalue weighted by Gasteiger charge is -2.35. The van der Waals surface area contributed by atoms with Crippen molar-refractivity contribution in [1.82, 2.24) is 0 Å². The van der Waals surface area contributed by atoms with E-state index in [1.54, 1.807) is 17.8 Å². The Morgan fingerprint density at radius 3 is 2.77 bits per heavy atom. The molecule has 158 valence electrons. The van der Waals surface area contributed by atoms with Gasteiger partial charge in [-0.15, -0.1) is 11.8 Å². The van der Waals surface area contributed by atoms with Gasteiger partial charge in [0.05, 0.1) is 6.07 Å². The monoisotopic (exact) mass is 425 g/mol. The number of fused-ring (bicyclic) bond motifs is 1. The second-order valence-corrected chi connectivity index (χ2v) is 9.71. The Labute approximate surface area is 182 Å². The predicted molar refractivity (Wildman–Crippen MR) is 120 cm³/mol. The zero-order chi connectivity index (χ0) is 21.9. The van der Waals surface area contributed by atoms with Crippen LogP contribution in [-0.2, 0) is 24.2 Å². The van der Waals surface area contributed by atoms with Crippen LogP contribution in [0.2, 0.25) is 0 Å². The van der Waals surface area contributed by atoms with Crippen LogP contribution < -0.4 is 10.6 Å². The highest BCUT2D eigenvalue weighted by Crippen LogP contribution is 2.40. The Bertz CT molecular complexity index is 983. The number of rotatable bonds is 7. The van der Waals surface area contributed by atoms with Crippen LogP contribution in [0.5, 0.6) is 0 Å². The number of hydrogen-bond donors (Lipinski definition) is 1. The third-order valence-corrected chi connectivity index (χ3v) is 6.74. The molecule has 0 saturated heterocycles. The Morgan fingerprint density at radius 1 is 1.33 bits per heavy atom. The maximum Gasteiger partial charge on any atom is 0.235 e. The van der Waals surface area contributed by atoms with Gasteiger partial charge in [-0.25, -0.2) is 4.39 Å². The van der Waals surface area contributed by atoms with Crippen LogP contribution in [-0.4, -0.2) is 18.2 Å². The molecule has 0 bridgehead atoms. The number of carbonyl (C=O) groups is 1. The van der Waals surface area contributed by atoms with Gasteiger partial charge in [0.1, 0.15) is 11.7 Å². The summed E-state index contributed by atoms with van der Waals surface area (Å²) in [6.07, 6.45) is 1.35. The summed E-state index contributed by atoms with van der Waals surface area (Å²) >= 11 is 1.76. The van der Waals surface area contributed by atoms with Crippen molar-refractivity contribution in [3.05, 3.63) is 58.9 Å². The lowest BCUT2D eigenvalue weighted by atomic mass is 9.74. The molecule has 0 aromatic heterocycles. The van der Waals surface area contributed by atoms with Gasteiger partial charge in [0.25, 0.3) is 0 Å². The third kappa shape index (κ3) is 4.62. The zero-order valence-electron chi connectivity index (χ0n) is 17.7. The van der Waals surface area contributed by atoms with Gasteiger partial charge < -0.3 is 10.6 Å². The number of anilines is 1. The SMILES string of the molecule is CCSc1cccc(N2CCc3cc(F)ccc3C2)c1CC(C)(C)C(C#N)C(N)=O. The fourth-order valence-corrected chi connectivity index (χ4v) is 5.06. The van der Waals surface area contributed by atoms with E-state index >= 15 is 0 Å². The first-order valence-electron chi connectivity index (χ1n) is 10.2. The molecule has 1 amide bonds. The van der Waals surface area contributed by atoms with E-state index in [-0.39, 0.29) is 5.82 Å². The third-order valence-electron chi connectivity index (χ3n) is 5.76. The minimum absolute atomic E-state index is 0.194. The molecule has 3 rings (SSSR count). The van der Waals surface area contributed by atoms with Gasteiger partial charge >= 0.3 is 0 Å². The number of thioether (sulfide) groups is 1. The molecule has 2 aromatic rings. The smallest absolute Gasteiger partial charge is 0.235 e. The number of halogens is 1. The van der Waals surface area contributed by atoms with E-state index in [1.165, 1.54) is 6.07 Å². The van der Waals surface area contributed by atoms with Crippen molar-refractivity contribution in [2.75, 3.05) is 17.2 Å². The number of primary amides is 1. The van der Waals surface area contributed by atoms with Gasteiger partial charge in [0.2, 0.25) is 5.91 Å². The van der Waals surface area contributed by atoms with Crippen LogP contribution in [0.1, 0.15) is 37.5 Å². The molecular weight excluding hydrogens is 397 g/mol. The van der Waals surface area contributed by atoms with Gasteiger partial charge in [-0.1, -0.05) is 32.9 Å². The van der Waals surface area contributed by atoms with Crippen molar-refractivity contribution >= 4 is 23.4 Å². The molecule has 4 nitrogen and oxygen atoms in total. The number of hydrogen-bond acceptors (Lipinski definition) is 4. The lowest BCUT2D eigenvalue weighted by Crippen LogP contribution is -2.37. The second-order valence-electron chi connectivity index (χ2n) is 8.40. The second kappa shape index (κ2) is 9.09. The van der Waals surface area contributed by atoms with Crippen LogP contribution >= 0.6 is 11.8 Å². The summed E-state index contributed by atoms with van der Waals surface area (Å²) < 4.78 is 13.6. The maximum absolute atomic E-state index is 13.6. The van der Waals surface area contributed by atoms with E-state index in [0.717, 1.165) is 46.0 Å². The molecule has 6 heteroatoms. The molecule has 0 saturated carbocycles. The highest BCUT2D eigenvalue weighted by Gasteiger charge is 2.36. The largest absolute Gasteiger partial charge is 0.369 e. The molecule has 1 unspecified atom stereocenters. The number of carbonyl (C=O) groups excluding carboxylic acids is 1. The van der Waals surface area contributed by atoms with Crippen molar-refractivity contribution in [3.8, 4) is 6.07 Å². The predicted octanol–water partition coefficient (Wildman–Crippen LogP) is 4.69. The van der Waals surface area contributed by atoms with Gasteiger partial charge in [-0.3, -0.25) is 4.79 Å². The first kappa shape index (κ1) is 22.2. The van der Waals surface area contributed by atoms with Crippen LogP contribution in [0.15, 0.2) is 41.3 Å². The minimum Gasteiger partial charge on any atom is -0.369 e. The molecule has 1 aliphatic rings. The Morgan fingerprint density at radius 2 is 2.10 bits per heavy atom. The van der Waals surface area contributed by atoms with Crippen molar-refractivity contribution in [2.24, 2.45) is 17.1 Å². The number of amides is 1. The van der Waals surface area contributed by atoms with E-state index in [2.05, 4.69) is 36.1 Å².